The minimum Gasteiger partial charge on any atom is -0.368 e. The number of nitrogen functional groups attached to an aromatic ring is 1. The van der Waals surface area contributed by atoms with E-state index in [9.17, 15) is 0 Å². The smallest absolute Gasteiger partial charge is 0.256 e. The highest BCUT2D eigenvalue weighted by Crippen LogP contribution is 2.09. The number of nitrogens with one attached hydrogen (secondary N) is 1. The summed E-state index contributed by atoms with van der Waals surface area (Å²) < 4.78 is 0. The van der Waals surface area contributed by atoms with E-state index in [2.05, 4.69) is 26.2 Å². The Morgan fingerprint density at radius 3 is 2.87 bits per heavy atom. The number of nitrogens with two attached hydrogens (primary N) is 1. The zero-order valence-corrected chi connectivity index (χ0v) is 8.56. The van der Waals surface area contributed by atoms with Gasteiger partial charge in [-0.1, -0.05) is 5.92 Å². The molecule has 0 fully saturated rings. The van der Waals surface area contributed by atoms with Gasteiger partial charge in [0.05, 0.1) is 13.7 Å². The summed E-state index contributed by atoms with van der Waals surface area (Å²) in [6, 6.07) is 0. The molecule has 0 saturated carbocycles. The zero-order chi connectivity index (χ0) is 11.3. The van der Waals surface area contributed by atoms with Crippen molar-refractivity contribution in [3.8, 4) is 12.3 Å². The molecule has 0 amide bonds. The molecule has 1 aromatic heterocycles. The van der Waals surface area contributed by atoms with Crippen LogP contribution < -0.4 is 16.1 Å². The molecule has 0 aliphatic heterocycles. The fourth-order valence-corrected chi connectivity index (χ4v) is 0.812. The van der Waals surface area contributed by atoms with Gasteiger partial charge >= 0.3 is 0 Å². The van der Waals surface area contributed by atoms with Crippen LogP contribution in [0.3, 0.4) is 0 Å². The highest BCUT2D eigenvalue weighted by atomic mass is 16.7. The quantitative estimate of drug-likeness (QED) is 0.509. The van der Waals surface area contributed by atoms with Crippen molar-refractivity contribution in [1.29, 1.82) is 0 Å². The SMILES string of the molecule is C#CCNc1nc(N)nc(N(C)OC)n1. The second-order valence-corrected chi connectivity index (χ2v) is 2.55. The maximum Gasteiger partial charge on any atom is 0.256 e. The first-order valence-corrected chi connectivity index (χ1v) is 4.14. The van der Waals surface area contributed by atoms with Crippen LogP contribution >= 0.6 is 0 Å². The third-order valence-corrected chi connectivity index (χ3v) is 1.54. The topological polar surface area (TPSA) is 89.2 Å². The summed E-state index contributed by atoms with van der Waals surface area (Å²) in [5.41, 5.74) is 5.49. The van der Waals surface area contributed by atoms with Crippen molar-refractivity contribution in [2.24, 2.45) is 0 Å². The molecule has 0 bridgehead atoms. The fourth-order valence-electron chi connectivity index (χ4n) is 0.812. The largest absolute Gasteiger partial charge is 0.368 e. The monoisotopic (exact) mass is 208 g/mol. The molecule has 0 aliphatic carbocycles. The molecule has 0 spiro atoms. The predicted molar refractivity (Wildman–Crippen MR) is 57.0 cm³/mol. The summed E-state index contributed by atoms with van der Waals surface area (Å²) in [7, 11) is 3.15. The molecule has 0 radical (unpaired) electrons. The van der Waals surface area contributed by atoms with E-state index in [4.69, 9.17) is 17.0 Å². The van der Waals surface area contributed by atoms with E-state index in [-0.39, 0.29) is 5.95 Å². The lowest BCUT2D eigenvalue weighted by molar-refractivity contribution is 0.180. The lowest BCUT2D eigenvalue weighted by Crippen LogP contribution is -2.20. The molecule has 1 rings (SSSR count). The Labute approximate surface area is 87.6 Å². The maximum atomic E-state index is 5.49. The number of hydrogen-bond acceptors (Lipinski definition) is 7. The van der Waals surface area contributed by atoms with Crippen LogP contribution in [-0.4, -0.2) is 35.7 Å². The number of anilines is 3. The molecule has 3 N–H and O–H groups in total. The molecule has 7 nitrogen and oxygen atoms in total. The molecule has 1 aromatic rings. The van der Waals surface area contributed by atoms with Crippen molar-refractivity contribution in [3.05, 3.63) is 0 Å². The summed E-state index contributed by atoms with van der Waals surface area (Å²) in [6.07, 6.45) is 5.09. The van der Waals surface area contributed by atoms with E-state index < -0.39 is 0 Å². The summed E-state index contributed by atoms with van der Waals surface area (Å²) in [5.74, 6) is 3.13. The summed E-state index contributed by atoms with van der Waals surface area (Å²) in [6.45, 7) is 0.319. The van der Waals surface area contributed by atoms with Gasteiger partial charge in [0, 0.05) is 7.05 Å². The first-order valence-electron chi connectivity index (χ1n) is 4.14. The van der Waals surface area contributed by atoms with Crippen molar-refractivity contribution in [2.75, 3.05) is 36.8 Å². The van der Waals surface area contributed by atoms with Crippen LogP contribution in [0.2, 0.25) is 0 Å². The Bertz CT molecular complexity index is 374. The van der Waals surface area contributed by atoms with Crippen molar-refractivity contribution in [3.63, 3.8) is 0 Å². The molecule has 0 saturated heterocycles. The number of aromatic nitrogens is 3. The van der Waals surface area contributed by atoms with Gasteiger partial charge in [0.2, 0.25) is 11.9 Å². The van der Waals surface area contributed by atoms with Gasteiger partial charge < -0.3 is 11.1 Å². The van der Waals surface area contributed by atoms with Gasteiger partial charge in [-0.15, -0.1) is 6.42 Å². The van der Waals surface area contributed by atoms with E-state index in [1.54, 1.807) is 7.05 Å². The Balaban J connectivity index is 2.90. The lowest BCUT2D eigenvalue weighted by atomic mass is 10.6. The molecule has 80 valence electrons. The normalized spacial score (nSPS) is 9.40. The number of nitrogens with zero attached hydrogens (tertiary/aromatic N) is 4. The predicted octanol–water partition coefficient (Wildman–Crippen LogP) is -0.504. The molecular formula is C8H12N6O. The van der Waals surface area contributed by atoms with Gasteiger partial charge in [0.1, 0.15) is 0 Å². The highest BCUT2D eigenvalue weighted by Gasteiger charge is 2.07. The zero-order valence-electron chi connectivity index (χ0n) is 8.56. The summed E-state index contributed by atoms with van der Waals surface area (Å²) in [5, 5.41) is 4.15. The Kier molecular flexibility index (Phi) is 3.65. The first-order chi connectivity index (χ1) is 7.17. The highest BCUT2D eigenvalue weighted by molar-refractivity contribution is 5.40. The molecular weight excluding hydrogens is 196 g/mol. The first kappa shape index (κ1) is 11.0. The number of rotatable bonds is 4. The lowest BCUT2D eigenvalue weighted by Gasteiger charge is -2.14. The van der Waals surface area contributed by atoms with E-state index in [1.165, 1.54) is 12.2 Å². The van der Waals surface area contributed by atoms with Crippen LogP contribution in [0.5, 0.6) is 0 Å². The molecule has 0 unspecified atom stereocenters. The second kappa shape index (κ2) is 4.97. The van der Waals surface area contributed by atoms with Gasteiger partial charge in [-0.3, -0.25) is 4.84 Å². The average molecular weight is 208 g/mol. The van der Waals surface area contributed by atoms with Crippen molar-refractivity contribution < 1.29 is 4.84 Å². The molecule has 15 heavy (non-hydrogen) atoms. The van der Waals surface area contributed by atoms with Gasteiger partial charge in [0.25, 0.3) is 5.95 Å². The van der Waals surface area contributed by atoms with Gasteiger partial charge in [0.15, 0.2) is 0 Å². The van der Waals surface area contributed by atoms with E-state index >= 15 is 0 Å². The van der Waals surface area contributed by atoms with Crippen molar-refractivity contribution in [2.45, 2.75) is 0 Å². The van der Waals surface area contributed by atoms with Gasteiger partial charge in [-0.05, 0) is 0 Å². The van der Waals surface area contributed by atoms with Crippen LogP contribution in [0.25, 0.3) is 0 Å². The summed E-state index contributed by atoms with van der Waals surface area (Å²) >= 11 is 0. The van der Waals surface area contributed by atoms with Crippen molar-refractivity contribution in [1.82, 2.24) is 15.0 Å². The Morgan fingerprint density at radius 1 is 1.53 bits per heavy atom. The fraction of sp³-hybridized carbons (Fsp3) is 0.375. The van der Waals surface area contributed by atoms with Crippen LogP contribution in [0.15, 0.2) is 0 Å². The van der Waals surface area contributed by atoms with E-state index in [0.29, 0.717) is 18.4 Å². The number of hydroxylamine groups is 1. The standard InChI is InChI=1S/C8H12N6O/c1-4-5-10-7-11-6(9)12-8(13-7)14(2)15-3/h1H,5H2,2-3H3,(H3,9,10,11,12,13). The van der Waals surface area contributed by atoms with Gasteiger partial charge in [-0.2, -0.15) is 15.0 Å². The third kappa shape index (κ3) is 2.96. The molecule has 0 atom stereocenters. The molecule has 0 aliphatic rings. The van der Waals surface area contributed by atoms with Crippen LogP contribution in [0, 0.1) is 12.3 Å². The number of hydrogen-bond donors (Lipinski definition) is 2. The molecule has 1 heterocycles. The van der Waals surface area contributed by atoms with Crippen molar-refractivity contribution >= 4 is 17.8 Å². The molecule has 7 heteroatoms. The van der Waals surface area contributed by atoms with E-state index in [0.717, 1.165) is 0 Å². The third-order valence-electron chi connectivity index (χ3n) is 1.54. The Hall–Kier alpha value is -2.07. The maximum absolute atomic E-state index is 5.49. The van der Waals surface area contributed by atoms with Crippen LogP contribution in [0.1, 0.15) is 0 Å². The Morgan fingerprint density at radius 2 is 2.27 bits per heavy atom. The second-order valence-electron chi connectivity index (χ2n) is 2.55. The minimum absolute atomic E-state index is 0.100. The minimum atomic E-state index is 0.100. The van der Waals surface area contributed by atoms with Crippen LogP contribution in [0.4, 0.5) is 17.8 Å². The van der Waals surface area contributed by atoms with Crippen LogP contribution in [-0.2, 0) is 4.84 Å². The average Bonchev–Trinajstić information content (AvgIpc) is 2.24. The summed E-state index contributed by atoms with van der Waals surface area (Å²) in [4.78, 5) is 16.7. The molecule has 0 aromatic carbocycles. The van der Waals surface area contributed by atoms with E-state index in [1.807, 2.05) is 0 Å². The van der Waals surface area contributed by atoms with Gasteiger partial charge in [-0.25, -0.2) is 5.06 Å². The number of terminal acetylenes is 1.